The normalized spacial score (nSPS) is 10.0. The van der Waals surface area contributed by atoms with E-state index in [-0.39, 0.29) is 0 Å². The zero-order valence-corrected chi connectivity index (χ0v) is 9.23. The first-order chi connectivity index (χ1) is 5.69. The Morgan fingerprint density at radius 2 is 1.75 bits per heavy atom. The lowest BCUT2D eigenvalue weighted by molar-refractivity contribution is 0.408. The third-order valence-corrected chi connectivity index (χ3v) is 2.53. The molecule has 0 saturated carbocycles. The number of hydrogen-bond acceptors (Lipinski definition) is 1. The molecule has 0 aliphatic heterocycles. The second-order valence-corrected chi connectivity index (χ2v) is 3.46. The van der Waals surface area contributed by atoms with E-state index in [1.807, 2.05) is 0 Å². The molecule has 1 rings (SSSR count). The molecule has 0 bridgehead atoms. The van der Waals surface area contributed by atoms with Crippen LogP contribution in [0.25, 0.3) is 0 Å². The van der Waals surface area contributed by atoms with Gasteiger partial charge in [0.05, 0.1) is 7.11 Å². The summed E-state index contributed by atoms with van der Waals surface area (Å²) >= 11 is 3.43. The molecule has 66 valence electrons. The molecule has 1 nitrogen and oxygen atoms in total. The van der Waals surface area contributed by atoms with Crippen molar-refractivity contribution in [3.8, 4) is 5.75 Å². The molecule has 1 aromatic rings. The van der Waals surface area contributed by atoms with Crippen LogP contribution < -0.4 is 4.74 Å². The topological polar surface area (TPSA) is 9.23 Å². The van der Waals surface area contributed by atoms with Crippen LogP contribution in [-0.4, -0.2) is 7.11 Å². The molecule has 0 spiro atoms. The number of alkyl halides is 1. The molecular weight excluding hydrogens is 216 g/mol. The number of halogens is 1. The number of benzene rings is 1. The van der Waals surface area contributed by atoms with Crippen LogP contribution in [0, 0.1) is 13.8 Å². The standard InChI is InChI=1S/C10H13BrO/c1-7-4-9(6-11)5-8(2)10(7)12-3/h4-5H,6H2,1-3H3. The first-order valence-corrected chi connectivity index (χ1v) is 5.01. The molecule has 0 aromatic heterocycles. The van der Waals surface area contributed by atoms with Crippen LogP contribution in [0.2, 0.25) is 0 Å². The van der Waals surface area contributed by atoms with E-state index < -0.39 is 0 Å². The van der Waals surface area contributed by atoms with Gasteiger partial charge in [0.25, 0.3) is 0 Å². The summed E-state index contributed by atoms with van der Waals surface area (Å²) in [5.74, 6) is 1.000. The maximum absolute atomic E-state index is 5.26. The Morgan fingerprint density at radius 1 is 1.25 bits per heavy atom. The van der Waals surface area contributed by atoms with Crippen LogP contribution in [0.15, 0.2) is 12.1 Å². The van der Waals surface area contributed by atoms with Gasteiger partial charge in [0.15, 0.2) is 0 Å². The van der Waals surface area contributed by atoms with E-state index in [2.05, 4.69) is 41.9 Å². The van der Waals surface area contributed by atoms with Crippen LogP contribution in [0.5, 0.6) is 5.75 Å². The molecule has 0 N–H and O–H groups in total. The highest BCUT2D eigenvalue weighted by atomic mass is 79.9. The second kappa shape index (κ2) is 3.94. The van der Waals surface area contributed by atoms with Crippen LogP contribution in [-0.2, 0) is 5.33 Å². The lowest BCUT2D eigenvalue weighted by Gasteiger charge is -2.09. The predicted molar refractivity (Wildman–Crippen MR) is 55.1 cm³/mol. The zero-order chi connectivity index (χ0) is 9.14. The van der Waals surface area contributed by atoms with Crippen molar-refractivity contribution < 1.29 is 4.74 Å². The molecule has 12 heavy (non-hydrogen) atoms. The summed E-state index contributed by atoms with van der Waals surface area (Å²) in [7, 11) is 1.71. The molecular formula is C10H13BrO. The highest BCUT2D eigenvalue weighted by Gasteiger charge is 2.03. The van der Waals surface area contributed by atoms with Crippen LogP contribution >= 0.6 is 15.9 Å². The Bertz CT molecular complexity index is 258. The van der Waals surface area contributed by atoms with Crippen molar-refractivity contribution in [1.82, 2.24) is 0 Å². The monoisotopic (exact) mass is 228 g/mol. The largest absolute Gasteiger partial charge is 0.496 e. The number of aryl methyl sites for hydroxylation is 2. The second-order valence-electron chi connectivity index (χ2n) is 2.90. The van der Waals surface area contributed by atoms with Gasteiger partial charge in [-0.1, -0.05) is 28.1 Å². The first-order valence-electron chi connectivity index (χ1n) is 3.89. The minimum absolute atomic E-state index is 0.901. The van der Waals surface area contributed by atoms with Crippen molar-refractivity contribution >= 4 is 15.9 Å². The summed E-state index contributed by atoms with van der Waals surface area (Å²) < 4.78 is 5.26. The third kappa shape index (κ3) is 1.81. The first kappa shape index (κ1) is 9.59. The Balaban J connectivity index is 3.18. The fourth-order valence-electron chi connectivity index (χ4n) is 1.44. The molecule has 0 unspecified atom stereocenters. The minimum Gasteiger partial charge on any atom is -0.496 e. The molecule has 0 radical (unpaired) electrons. The fraction of sp³-hybridized carbons (Fsp3) is 0.400. The minimum atomic E-state index is 0.901. The van der Waals surface area contributed by atoms with E-state index in [1.165, 1.54) is 16.7 Å². The average Bonchev–Trinajstić information content (AvgIpc) is 2.03. The number of ether oxygens (including phenoxy) is 1. The van der Waals surface area contributed by atoms with E-state index >= 15 is 0 Å². The molecule has 1 aromatic carbocycles. The summed E-state index contributed by atoms with van der Waals surface area (Å²) in [5, 5.41) is 0.901. The van der Waals surface area contributed by atoms with Crippen LogP contribution in [0.4, 0.5) is 0 Å². The van der Waals surface area contributed by atoms with Crippen molar-refractivity contribution in [2.45, 2.75) is 19.2 Å². The number of methoxy groups -OCH3 is 1. The van der Waals surface area contributed by atoms with E-state index in [4.69, 9.17) is 4.74 Å². The van der Waals surface area contributed by atoms with Crippen molar-refractivity contribution in [2.24, 2.45) is 0 Å². The van der Waals surface area contributed by atoms with Crippen molar-refractivity contribution in [1.29, 1.82) is 0 Å². The van der Waals surface area contributed by atoms with E-state index in [1.54, 1.807) is 7.11 Å². The summed E-state index contributed by atoms with van der Waals surface area (Å²) in [5.41, 5.74) is 3.70. The maximum atomic E-state index is 5.26. The highest BCUT2D eigenvalue weighted by Crippen LogP contribution is 2.24. The van der Waals surface area contributed by atoms with Gasteiger partial charge in [0, 0.05) is 5.33 Å². The summed E-state index contributed by atoms with van der Waals surface area (Å²) in [6.07, 6.45) is 0. The quantitative estimate of drug-likeness (QED) is 0.707. The van der Waals surface area contributed by atoms with Crippen LogP contribution in [0.1, 0.15) is 16.7 Å². The maximum Gasteiger partial charge on any atom is 0.124 e. The average molecular weight is 229 g/mol. The lowest BCUT2D eigenvalue weighted by atomic mass is 10.1. The zero-order valence-electron chi connectivity index (χ0n) is 7.65. The van der Waals surface area contributed by atoms with Gasteiger partial charge in [-0.3, -0.25) is 0 Å². The summed E-state index contributed by atoms with van der Waals surface area (Å²) in [6.45, 7) is 4.13. The Kier molecular flexibility index (Phi) is 3.15. The molecule has 2 heteroatoms. The molecule has 0 aliphatic rings. The smallest absolute Gasteiger partial charge is 0.124 e. The van der Waals surface area contributed by atoms with Gasteiger partial charge in [0.1, 0.15) is 5.75 Å². The van der Waals surface area contributed by atoms with Gasteiger partial charge in [-0.05, 0) is 30.5 Å². The van der Waals surface area contributed by atoms with Crippen molar-refractivity contribution in [2.75, 3.05) is 7.11 Å². The Labute approximate surface area is 81.9 Å². The van der Waals surface area contributed by atoms with Crippen LogP contribution in [0.3, 0.4) is 0 Å². The molecule has 0 atom stereocenters. The molecule has 0 saturated heterocycles. The van der Waals surface area contributed by atoms with Gasteiger partial charge in [-0.2, -0.15) is 0 Å². The van der Waals surface area contributed by atoms with Gasteiger partial charge in [-0.15, -0.1) is 0 Å². The molecule has 0 amide bonds. The van der Waals surface area contributed by atoms with Gasteiger partial charge in [0.2, 0.25) is 0 Å². The van der Waals surface area contributed by atoms with E-state index in [0.717, 1.165) is 11.1 Å². The summed E-state index contributed by atoms with van der Waals surface area (Å²) in [4.78, 5) is 0. The predicted octanol–water partition coefficient (Wildman–Crippen LogP) is 3.21. The highest BCUT2D eigenvalue weighted by molar-refractivity contribution is 9.08. The van der Waals surface area contributed by atoms with Gasteiger partial charge < -0.3 is 4.74 Å². The fourth-order valence-corrected chi connectivity index (χ4v) is 1.76. The molecule has 0 fully saturated rings. The Morgan fingerprint density at radius 3 is 2.08 bits per heavy atom. The summed E-state index contributed by atoms with van der Waals surface area (Å²) in [6, 6.07) is 4.28. The lowest BCUT2D eigenvalue weighted by Crippen LogP contribution is -1.92. The van der Waals surface area contributed by atoms with Gasteiger partial charge in [-0.25, -0.2) is 0 Å². The van der Waals surface area contributed by atoms with Crippen molar-refractivity contribution in [3.05, 3.63) is 28.8 Å². The number of rotatable bonds is 2. The van der Waals surface area contributed by atoms with E-state index in [9.17, 15) is 0 Å². The Hall–Kier alpha value is -0.500. The van der Waals surface area contributed by atoms with Gasteiger partial charge >= 0.3 is 0 Å². The van der Waals surface area contributed by atoms with Crippen molar-refractivity contribution in [3.63, 3.8) is 0 Å². The number of hydrogen-bond donors (Lipinski definition) is 0. The molecule has 0 aliphatic carbocycles. The SMILES string of the molecule is COc1c(C)cc(CBr)cc1C. The molecule has 0 heterocycles. The van der Waals surface area contributed by atoms with E-state index in [0.29, 0.717) is 0 Å². The third-order valence-electron chi connectivity index (χ3n) is 1.88.